The number of H-pyrrole nitrogens is 1. The minimum atomic E-state index is -0.402. The summed E-state index contributed by atoms with van der Waals surface area (Å²) in [5.41, 5.74) is 0.748. The van der Waals surface area contributed by atoms with Crippen LogP contribution in [0.4, 0.5) is 4.39 Å². The summed E-state index contributed by atoms with van der Waals surface area (Å²) in [6.07, 6.45) is -0.0336. The minimum absolute atomic E-state index is 0.0336. The van der Waals surface area contributed by atoms with Gasteiger partial charge in [-0.05, 0) is 23.1 Å². The first-order valence-corrected chi connectivity index (χ1v) is 7.86. The van der Waals surface area contributed by atoms with Crippen molar-refractivity contribution in [3.63, 3.8) is 0 Å². The summed E-state index contributed by atoms with van der Waals surface area (Å²) in [5.74, 6) is -0.242. The van der Waals surface area contributed by atoms with E-state index in [0.717, 1.165) is 0 Å². The molecule has 0 radical (unpaired) electrons. The summed E-state index contributed by atoms with van der Waals surface area (Å²) in [6, 6.07) is 7.94. The van der Waals surface area contributed by atoms with Gasteiger partial charge in [-0.1, -0.05) is 18.2 Å². The predicted molar refractivity (Wildman–Crippen MR) is 86.8 cm³/mol. The van der Waals surface area contributed by atoms with Gasteiger partial charge in [0.25, 0.3) is 5.56 Å². The molecule has 0 aliphatic rings. The molecule has 1 N–H and O–H groups in total. The van der Waals surface area contributed by atoms with Crippen molar-refractivity contribution in [1.29, 1.82) is 0 Å². The zero-order valence-corrected chi connectivity index (χ0v) is 13.2. The third-order valence-electron chi connectivity index (χ3n) is 3.48. The highest BCUT2D eigenvalue weighted by Crippen LogP contribution is 2.14. The fourth-order valence-corrected chi connectivity index (χ4v) is 2.97. The number of halogens is 1. The van der Waals surface area contributed by atoms with Crippen molar-refractivity contribution < 1.29 is 9.18 Å². The first-order valence-electron chi connectivity index (χ1n) is 6.98. The van der Waals surface area contributed by atoms with E-state index in [0.29, 0.717) is 21.6 Å². The van der Waals surface area contributed by atoms with Crippen LogP contribution in [0.25, 0.3) is 10.2 Å². The molecule has 0 fully saturated rings. The number of fused-ring (bicyclic) bond motifs is 1. The van der Waals surface area contributed by atoms with Gasteiger partial charge in [0.05, 0.1) is 18.5 Å². The van der Waals surface area contributed by atoms with E-state index >= 15 is 0 Å². The van der Waals surface area contributed by atoms with Crippen molar-refractivity contribution in [2.45, 2.75) is 13.0 Å². The van der Waals surface area contributed by atoms with Crippen molar-refractivity contribution in [3.8, 4) is 0 Å². The molecule has 1 aromatic carbocycles. The Hall–Kier alpha value is -2.54. The van der Waals surface area contributed by atoms with Gasteiger partial charge >= 0.3 is 0 Å². The number of thiophene rings is 1. The van der Waals surface area contributed by atoms with E-state index in [9.17, 15) is 14.0 Å². The molecule has 3 aromatic rings. The molecule has 2 heterocycles. The molecule has 0 saturated carbocycles. The quantitative estimate of drug-likeness (QED) is 0.798. The number of carbonyl (C=O) groups excluding carboxylic acids is 1. The van der Waals surface area contributed by atoms with E-state index in [1.807, 2.05) is 0 Å². The molecule has 0 aliphatic heterocycles. The van der Waals surface area contributed by atoms with Crippen molar-refractivity contribution in [3.05, 3.63) is 63.3 Å². The average Bonchev–Trinajstić information content (AvgIpc) is 2.98. The van der Waals surface area contributed by atoms with Gasteiger partial charge in [0.15, 0.2) is 0 Å². The molecular formula is C16H14FN3O2S. The molecule has 1 amide bonds. The highest BCUT2D eigenvalue weighted by Gasteiger charge is 2.14. The van der Waals surface area contributed by atoms with Gasteiger partial charge in [-0.25, -0.2) is 9.37 Å². The maximum absolute atomic E-state index is 13.6. The molecule has 7 heteroatoms. The molecule has 0 bridgehead atoms. The normalized spacial score (nSPS) is 10.9. The number of hydrogen-bond donors (Lipinski definition) is 1. The lowest BCUT2D eigenvalue weighted by atomic mass is 10.1. The van der Waals surface area contributed by atoms with Gasteiger partial charge < -0.3 is 9.88 Å². The van der Waals surface area contributed by atoms with Gasteiger partial charge in [-0.2, -0.15) is 0 Å². The monoisotopic (exact) mass is 331 g/mol. The highest BCUT2D eigenvalue weighted by atomic mass is 32.1. The lowest BCUT2D eigenvalue weighted by Gasteiger charge is -2.16. The second kappa shape index (κ2) is 6.29. The topological polar surface area (TPSA) is 66.1 Å². The number of likely N-dealkylation sites (N-methyl/N-ethyl adjacent to an activating group) is 1. The number of rotatable bonds is 4. The fraction of sp³-hybridized carbons (Fsp3) is 0.188. The predicted octanol–water partition coefficient (Wildman–Crippen LogP) is 2.32. The third kappa shape index (κ3) is 3.29. The molecular weight excluding hydrogens is 317 g/mol. The van der Waals surface area contributed by atoms with E-state index in [4.69, 9.17) is 0 Å². The number of benzene rings is 1. The molecule has 0 saturated heterocycles. The van der Waals surface area contributed by atoms with Gasteiger partial charge in [0.1, 0.15) is 16.3 Å². The van der Waals surface area contributed by atoms with Crippen LogP contribution < -0.4 is 5.56 Å². The summed E-state index contributed by atoms with van der Waals surface area (Å²) < 4.78 is 14.2. The van der Waals surface area contributed by atoms with E-state index in [2.05, 4.69) is 9.97 Å². The second-order valence-electron chi connectivity index (χ2n) is 5.17. The molecule has 0 atom stereocenters. The Morgan fingerprint density at radius 1 is 1.35 bits per heavy atom. The van der Waals surface area contributed by atoms with Crippen LogP contribution in [0.3, 0.4) is 0 Å². The van der Waals surface area contributed by atoms with Crippen LogP contribution in [0.2, 0.25) is 0 Å². The molecule has 0 spiro atoms. The lowest BCUT2D eigenvalue weighted by Crippen LogP contribution is -2.29. The number of aromatic amines is 1. The number of nitrogens with zero attached hydrogens (tertiary/aromatic N) is 2. The Bertz CT molecular complexity index is 919. The third-order valence-corrected chi connectivity index (χ3v) is 4.38. The summed E-state index contributed by atoms with van der Waals surface area (Å²) in [7, 11) is 1.60. The number of amides is 1. The van der Waals surface area contributed by atoms with Crippen molar-refractivity contribution >= 4 is 27.5 Å². The second-order valence-corrected chi connectivity index (χ2v) is 6.08. The Labute approximate surface area is 135 Å². The Morgan fingerprint density at radius 2 is 2.13 bits per heavy atom. The van der Waals surface area contributed by atoms with E-state index in [1.165, 1.54) is 22.3 Å². The van der Waals surface area contributed by atoms with Crippen LogP contribution in [0, 0.1) is 5.82 Å². The summed E-state index contributed by atoms with van der Waals surface area (Å²) >= 11 is 1.32. The van der Waals surface area contributed by atoms with Gasteiger partial charge in [-0.15, -0.1) is 11.3 Å². The van der Waals surface area contributed by atoms with Crippen LogP contribution in [0.5, 0.6) is 0 Å². The molecule has 0 unspecified atom stereocenters. The number of carbonyl (C=O) groups is 1. The number of aromatic nitrogens is 2. The van der Waals surface area contributed by atoms with Crippen LogP contribution in [-0.4, -0.2) is 27.8 Å². The standard InChI is InChI=1S/C16H14FN3O2S/c1-20(14(21)8-10-4-2-3-5-11(10)17)9-13-18-12-6-7-23-15(12)16(22)19-13/h2-7H,8-9H2,1H3,(H,18,19,22). The fourth-order valence-electron chi connectivity index (χ4n) is 2.25. The van der Waals surface area contributed by atoms with Crippen LogP contribution in [-0.2, 0) is 17.8 Å². The van der Waals surface area contributed by atoms with Crippen LogP contribution in [0.15, 0.2) is 40.5 Å². The molecule has 118 valence electrons. The Balaban J connectivity index is 1.75. The lowest BCUT2D eigenvalue weighted by molar-refractivity contribution is -0.129. The van der Waals surface area contributed by atoms with Crippen LogP contribution >= 0.6 is 11.3 Å². The summed E-state index contributed by atoms with van der Waals surface area (Å²) in [5, 5.41) is 1.80. The van der Waals surface area contributed by atoms with Crippen LogP contribution in [0.1, 0.15) is 11.4 Å². The Morgan fingerprint density at radius 3 is 2.91 bits per heavy atom. The largest absolute Gasteiger partial charge is 0.338 e. The van der Waals surface area contributed by atoms with E-state index in [1.54, 1.807) is 36.7 Å². The SMILES string of the molecule is CN(Cc1nc2ccsc2c(=O)[nH]1)C(=O)Cc1ccccc1F. The maximum Gasteiger partial charge on any atom is 0.268 e. The molecule has 0 aliphatic carbocycles. The van der Waals surface area contributed by atoms with E-state index < -0.39 is 5.82 Å². The number of hydrogen-bond acceptors (Lipinski definition) is 4. The van der Waals surface area contributed by atoms with Gasteiger partial charge in [0, 0.05) is 7.05 Å². The van der Waals surface area contributed by atoms with Gasteiger partial charge in [-0.3, -0.25) is 9.59 Å². The summed E-state index contributed by atoms with van der Waals surface area (Å²) in [6.45, 7) is 0.161. The smallest absolute Gasteiger partial charge is 0.268 e. The molecule has 5 nitrogen and oxygen atoms in total. The minimum Gasteiger partial charge on any atom is -0.338 e. The molecule has 23 heavy (non-hydrogen) atoms. The van der Waals surface area contributed by atoms with Crippen molar-refractivity contribution in [1.82, 2.24) is 14.9 Å². The Kier molecular flexibility index (Phi) is 4.20. The van der Waals surface area contributed by atoms with Crippen molar-refractivity contribution in [2.75, 3.05) is 7.05 Å². The zero-order valence-electron chi connectivity index (χ0n) is 12.4. The van der Waals surface area contributed by atoms with Gasteiger partial charge in [0.2, 0.25) is 5.91 Å². The van der Waals surface area contributed by atoms with Crippen molar-refractivity contribution in [2.24, 2.45) is 0 Å². The molecule has 2 aromatic heterocycles. The first-order chi connectivity index (χ1) is 11.0. The number of nitrogens with one attached hydrogen (secondary N) is 1. The highest BCUT2D eigenvalue weighted by molar-refractivity contribution is 7.17. The summed E-state index contributed by atoms with van der Waals surface area (Å²) in [4.78, 5) is 32.5. The molecule has 3 rings (SSSR count). The zero-order chi connectivity index (χ0) is 16.4. The van der Waals surface area contributed by atoms with E-state index in [-0.39, 0.29) is 24.4 Å². The maximum atomic E-state index is 13.6. The first kappa shape index (κ1) is 15.4. The average molecular weight is 331 g/mol.